The summed E-state index contributed by atoms with van der Waals surface area (Å²) in [7, 11) is -2.75. The Hall–Kier alpha value is -3.14. The van der Waals surface area contributed by atoms with Crippen molar-refractivity contribution in [2.45, 2.75) is 24.9 Å². The summed E-state index contributed by atoms with van der Waals surface area (Å²) in [5.41, 5.74) is 1.82. The lowest BCUT2D eigenvalue weighted by Gasteiger charge is -2.25. The van der Waals surface area contributed by atoms with Crippen LogP contribution in [0.15, 0.2) is 47.2 Å². The number of allylic oxidation sites excluding steroid dienone is 1. The Labute approximate surface area is 185 Å². The molecule has 170 valence electrons. The fourth-order valence-corrected chi connectivity index (χ4v) is 4.31. The second-order valence-corrected chi connectivity index (χ2v) is 10.1. The summed E-state index contributed by atoms with van der Waals surface area (Å²) in [5, 5.41) is 6.13. The van der Waals surface area contributed by atoms with Crippen molar-refractivity contribution in [1.29, 1.82) is 4.78 Å². The Morgan fingerprint density at radius 2 is 1.91 bits per heavy atom. The van der Waals surface area contributed by atoms with E-state index in [1.54, 1.807) is 18.2 Å². The lowest BCUT2D eigenvalue weighted by molar-refractivity contribution is 0.265. The number of hydrogen-bond acceptors (Lipinski definition) is 7. The molecule has 0 fully saturated rings. The molecule has 0 spiro atoms. The highest BCUT2D eigenvalue weighted by atomic mass is 32.2. The van der Waals surface area contributed by atoms with Gasteiger partial charge in [-0.2, -0.15) is 0 Å². The zero-order valence-electron chi connectivity index (χ0n) is 17.5. The van der Waals surface area contributed by atoms with E-state index in [1.165, 1.54) is 24.5 Å². The first kappa shape index (κ1) is 22.1. The second kappa shape index (κ2) is 9.15. The molecule has 0 radical (unpaired) electrons. The van der Waals surface area contributed by atoms with E-state index in [4.69, 9.17) is 14.3 Å². The van der Waals surface area contributed by atoms with Crippen molar-refractivity contribution in [3.05, 3.63) is 59.2 Å². The Morgan fingerprint density at radius 1 is 1.12 bits per heavy atom. The largest absolute Gasteiger partial charge is 0.494 e. The second-order valence-electron chi connectivity index (χ2n) is 7.75. The van der Waals surface area contributed by atoms with Crippen molar-refractivity contribution in [2.24, 2.45) is 4.99 Å². The number of nitrogens with zero attached hydrogens (tertiary/aromatic N) is 1. The van der Waals surface area contributed by atoms with Gasteiger partial charge in [-0.05, 0) is 42.7 Å². The first-order chi connectivity index (χ1) is 15.3. The van der Waals surface area contributed by atoms with Gasteiger partial charge in [-0.3, -0.25) is 4.78 Å². The molecule has 2 aliphatic rings. The fourth-order valence-electron chi connectivity index (χ4n) is 3.51. The smallest absolute Gasteiger partial charge is 0.194 e. The lowest BCUT2D eigenvalue weighted by Crippen LogP contribution is -2.36. The molecule has 4 bridgehead atoms. The Balaban J connectivity index is 1.70. The highest BCUT2D eigenvalue weighted by Gasteiger charge is 2.22. The zero-order valence-corrected chi connectivity index (χ0v) is 18.3. The summed E-state index contributed by atoms with van der Waals surface area (Å²) >= 11 is 0. The van der Waals surface area contributed by atoms with Gasteiger partial charge in [0.25, 0.3) is 0 Å². The van der Waals surface area contributed by atoms with Crippen LogP contribution in [0.3, 0.4) is 0 Å². The van der Waals surface area contributed by atoms with Crippen molar-refractivity contribution < 1.29 is 22.5 Å². The molecule has 0 saturated carbocycles. The van der Waals surface area contributed by atoms with Crippen molar-refractivity contribution in [1.82, 2.24) is 5.32 Å². The summed E-state index contributed by atoms with van der Waals surface area (Å²) in [5.74, 6) is -0.190. The van der Waals surface area contributed by atoms with E-state index in [0.717, 1.165) is 6.21 Å². The molecule has 2 atom stereocenters. The summed E-state index contributed by atoms with van der Waals surface area (Å²) in [4.78, 5) is 4.14. The molecule has 10 heteroatoms. The first-order valence-electron chi connectivity index (χ1n) is 10.1. The molecule has 0 aliphatic carbocycles. The Kier molecular flexibility index (Phi) is 6.31. The summed E-state index contributed by atoms with van der Waals surface area (Å²) < 4.78 is 59.9. The number of ether oxygens (including phenoxy) is 2. The standard InChI is InChI=1S/C22H24F2N4O3S/c1-32(25,29)13-14-8-16-11-17(9-14)30-6-2-3-7-31-20-10-15(23)4-5-18(20)21-19(24)12-26-22(27-16)28-21/h4-5,8-12,22,25,27-28H,2-3,6-7,13H2,1H3. The monoisotopic (exact) mass is 462 g/mol. The third-order valence-corrected chi connectivity index (χ3v) is 5.73. The topological polar surface area (TPSA) is 95.8 Å². The Morgan fingerprint density at radius 3 is 2.69 bits per heavy atom. The number of fused-ring (bicyclic) bond motifs is 6. The molecule has 2 aromatic rings. The van der Waals surface area contributed by atoms with Crippen LogP contribution in [0.4, 0.5) is 14.5 Å². The molecular weight excluding hydrogens is 438 g/mol. The number of hydrogen-bond donors (Lipinski definition) is 3. The number of anilines is 1. The quantitative estimate of drug-likeness (QED) is 0.620. The van der Waals surface area contributed by atoms with Crippen LogP contribution in [-0.4, -0.2) is 36.2 Å². The Bertz CT molecular complexity index is 1180. The number of aliphatic imine (C=N–C) groups is 1. The number of benzene rings is 2. The number of rotatable bonds is 2. The molecule has 0 amide bonds. The van der Waals surface area contributed by atoms with Gasteiger partial charge in [-0.1, -0.05) is 0 Å². The first-order valence-corrected chi connectivity index (χ1v) is 12.3. The van der Waals surface area contributed by atoms with Gasteiger partial charge in [0, 0.05) is 39.4 Å². The third-order valence-electron chi connectivity index (χ3n) is 4.85. The van der Waals surface area contributed by atoms with Crippen LogP contribution in [0.1, 0.15) is 24.0 Å². The third kappa shape index (κ3) is 5.56. The lowest BCUT2D eigenvalue weighted by atomic mass is 10.1. The van der Waals surface area contributed by atoms with E-state index in [2.05, 4.69) is 15.6 Å². The average molecular weight is 463 g/mol. The van der Waals surface area contributed by atoms with Gasteiger partial charge in [0.05, 0.1) is 30.9 Å². The van der Waals surface area contributed by atoms with E-state index in [9.17, 15) is 13.0 Å². The van der Waals surface area contributed by atoms with E-state index >= 15 is 0 Å². The van der Waals surface area contributed by atoms with E-state index in [1.807, 2.05) is 0 Å². The normalized spacial score (nSPS) is 20.3. The van der Waals surface area contributed by atoms with Gasteiger partial charge in [-0.15, -0.1) is 0 Å². The van der Waals surface area contributed by atoms with Crippen LogP contribution in [0.5, 0.6) is 11.5 Å². The molecule has 2 heterocycles. The minimum Gasteiger partial charge on any atom is -0.494 e. The van der Waals surface area contributed by atoms with Crippen molar-refractivity contribution in [3.63, 3.8) is 0 Å². The van der Waals surface area contributed by atoms with Crippen LogP contribution in [0, 0.1) is 10.6 Å². The zero-order chi connectivity index (χ0) is 22.7. The van der Waals surface area contributed by atoms with Crippen LogP contribution in [-0.2, 0) is 15.5 Å². The SMILES string of the molecule is CS(=N)(=O)Cc1cc2cc(c1)OCCCCOc1cc(F)ccc1C1=C(F)C=NC(N1)N2. The summed E-state index contributed by atoms with van der Waals surface area (Å²) in [6, 6.07) is 9.25. The molecule has 7 nitrogen and oxygen atoms in total. The molecule has 0 aromatic heterocycles. The summed E-state index contributed by atoms with van der Waals surface area (Å²) in [6.45, 7) is 0.733. The van der Waals surface area contributed by atoms with Gasteiger partial charge in [-0.25, -0.2) is 18.0 Å². The van der Waals surface area contributed by atoms with Crippen LogP contribution >= 0.6 is 0 Å². The maximum atomic E-state index is 14.7. The van der Waals surface area contributed by atoms with E-state index < -0.39 is 27.7 Å². The molecular formula is C22H24F2N4O3S. The minimum atomic E-state index is -2.75. The molecule has 2 unspecified atom stereocenters. The highest BCUT2D eigenvalue weighted by Crippen LogP contribution is 2.31. The average Bonchev–Trinajstić information content (AvgIpc) is 2.71. The molecule has 2 aliphatic heterocycles. The van der Waals surface area contributed by atoms with Gasteiger partial charge >= 0.3 is 0 Å². The van der Waals surface area contributed by atoms with Crippen LogP contribution < -0.4 is 20.1 Å². The minimum absolute atomic E-state index is 0.0762. The van der Waals surface area contributed by atoms with Crippen LogP contribution in [0.2, 0.25) is 0 Å². The van der Waals surface area contributed by atoms with E-state index in [-0.39, 0.29) is 17.2 Å². The van der Waals surface area contributed by atoms with Gasteiger partial charge in [0.1, 0.15) is 17.3 Å². The van der Waals surface area contributed by atoms with Crippen molar-refractivity contribution in [2.75, 3.05) is 24.8 Å². The molecule has 3 N–H and O–H groups in total. The van der Waals surface area contributed by atoms with Gasteiger partial charge < -0.3 is 20.1 Å². The predicted molar refractivity (Wildman–Crippen MR) is 121 cm³/mol. The maximum Gasteiger partial charge on any atom is 0.194 e. The predicted octanol–water partition coefficient (Wildman–Crippen LogP) is 4.26. The van der Waals surface area contributed by atoms with E-state index in [0.29, 0.717) is 48.6 Å². The highest BCUT2D eigenvalue weighted by molar-refractivity contribution is 7.90. The molecule has 0 saturated heterocycles. The van der Waals surface area contributed by atoms with Gasteiger partial charge in [0.15, 0.2) is 12.1 Å². The molecule has 32 heavy (non-hydrogen) atoms. The van der Waals surface area contributed by atoms with Crippen molar-refractivity contribution in [3.8, 4) is 11.5 Å². The fraction of sp³-hybridized carbons (Fsp3) is 0.318. The summed E-state index contributed by atoms with van der Waals surface area (Å²) in [6.07, 6.45) is 3.09. The van der Waals surface area contributed by atoms with Gasteiger partial charge in [0.2, 0.25) is 0 Å². The van der Waals surface area contributed by atoms with Crippen molar-refractivity contribution >= 4 is 27.3 Å². The number of nitrogens with one attached hydrogen (secondary N) is 3. The number of halogens is 2. The molecule has 4 rings (SSSR count). The maximum absolute atomic E-state index is 14.7. The molecule has 2 aromatic carbocycles. The van der Waals surface area contributed by atoms with Crippen LogP contribution in [0.25, 0.3) is 5.70 Å².